The van der Waals surface area contributed by atoms with Gasteiger partial charge in [0.05, 0.1) is 59.5 Å². The van der Waals surface area contributed by atoms with Crippen molar-refractivity contribution < 1.29 is 9.84 Å². The standard InChI is InChI=1S/C26H24Cl2N6O2/c27-20-2-1-3-21(28)24(20)25-23(16-35)34-5-4-22-19(26(34)31-25)12-17(13-29-22)18-14-30-33(15-18)7-6-32-8-10-36-11-9-32/h1-5,12-15,35H,6-11,16H2. The zero-order valence-electron chi connectivity index (χ0n) is 19.4. The van der Waals surface area contributed by atoms with Crippen LogP contribution in [0, 0.1) is 0 Å². The molecule has 0 spiro atoms. The summed E-state index contributed by atoms with van der Waals surface area (Å²) < 4.78 is 9.26. The van der Waals surface area contributed by atoms with Crippen molar-refractivity contribution in [2.45, 2.75) is 13.2 Å². The molecule has 1 aliphatic heterocycles. The SMILES string of the molecule is OCc1c(-c2c(Cl)cccc2Cl)nc2c3cc(-c4cnn(CCN5CCOCC5)c4)cnc3ccn12. The van der Waals surface area contributed by atoms with Crippen LogP contribution in [0.25, 0.3) is 38.9 Å². The number of aromatic nitrogens is 5. The van der Waals surface area contributed by atoms with Crippen LogP contribution in [0.2, 0.25) is 10.0 Å². The van der Waals surface area contributed by atoms with E-state index in [2.05, 4.69) is 21.0 Å². The lowest BCUT2D eigenvalue weighted by Crippen LogP contribution is -2.38. The molecule has 1 fully saturated rings. The van der Waals surface area contributed by atoms with Crippen molar-refractivity contribution in [2.75, 3.05) is 32.8 Å². The fraction of sp³-hybridized carbons (Fsp3) is 0.269. The van der Waals surface area contributed by atoms with Crippen molar-refractivity contribution >= 4 is 39.8 Å². The van der Waals surface area contributed by atoms with Crippen molar-refractivity contribution in [2.24, 2.45) is 0 Å². The Balaban J connectivity index is 1.38. The Labute approximate surface area is 217 Å². The number of hydrogen-bond donors (Lipinski definition) is 1. The Kier molecular flexibility index (Phi) is 6.37. The van der Waals surface area contributed by atoms with E-state index >= 15 is 0 Å². The van der Waals surface area contributed by atoms with Gasteiger partial charge in [-0.25, -0.2) is 4.98 Å². The van der Waals surface area contributed by atoms with Gasteiger partial charge in [0.25, 0.3) is 0 Å². The molecule has 5 heterocycles. The fourth-order valence-electron chi connectivity index (χ4n) is 4.69. The molecular weight excluding hydrogens is 499 g/mol. The molecule has 1 aromatic carbocycles. The van der Waals surface area contributed by atoms with Gasteiger partial charge in [-0.05, 0) is 24.3 Å². The smallest absolute Gasteiger partial charge is 0.147 e. The van der Waals surface area contributed by atoms with E-state index in [9.17, 15) is 5.11 Å². The molecule has 0 radical (unpaired) electrons. The molecule has 0 saturated carbocycles. The molecule has 10 heteroatoms. The summed E-state index contributed by atoms with van der Waals surface area (Å²) in [5, 5.41) is 16.6. The third-order valence-corrected chi connectivity index (χ3v) is 7.25. The Bertz CT molecular complexity index is 1540. The van der Waals surface area contributed by atoms with E-state index in [-0.39, 0.29) is 6.61 Å². The molecule has 184 valence electrons. The van der Waals surface area contributed by atoms with Crippen LogP contribution < -0.4 is 0 Å². The molecule has 0 atom stereocenters. The number of imidazole rings is 1. The zero-order valence-corrected chi connectivity index (χ0v) is 21.0. The van der Waals surface area contributed by atoms with Gasteiger partial charge in [0.2, 0.25) is 0 Å². The number of halogens is 2. The summed E-state index contributed by atoms with van der Waals surface area (Å²) in [6.07, 6.45) is 7.62. The van der Waals surface area contributed by atoms with Crippen molar-refractivity contribution in [3.63, 3.8) is 0 Å². The van der Waals surface area contributed by atoms with E-state index in [4.69, 9.17) is 32.9 Å². The number of hydrogen-bond acceptors (Lipinski definition) is 6. The van der Waals surface area contributed by atoms with E-state index in [1.54, 1.807) is 18.2 Å². The molecule has 0 bridgehead atoms. The molecule has 5 aromatic rings. The number of nitrogens with zero attached hydrogens (tertiary/aromatic N) is 6. The van der Waals surface area contributed by atoms with Crippen LogP contribution in [0.1, 0.15) is 5.69 Å². The Morgan fingerprint density at radius 2 is 1.81 bits per heavy atom. The van der Waals surface area contributed by atoms with Gasteiger partial charge in [-0.15, -0.1) is 0 Å². The van der Waals surface area contributed by atoms with Crippen LogP contribution in [-0.4, -0.2) is 67.0 Å². The Hall–Kier alpha value is -3.01. The molecule has 6 rings (SSSR count). The second-order valence-corrected chi connectivity index (χ2v) is 9.59. The number of rotatable bonds is 6. The summed E-state index contributed by atoms with van der Waals surface area (Å²) in [7, 11) is 0. The topological polar surface area (TPSA) is 80.7 Å². The number of benzene rings is 1. The van der Waals surface area contributed by atoms with Crippen LogP contribution in [0.5, 0.6) is 0 Å². The van der Waals surface area contributed by atoms with E-state index in [0.29, 0.717) is 32.6 Å². The van der Waals surface area contributed by atoms with E-state index in [0.717, 1.165) is 61.4 Å². The minimum Gasteiger partial charge on any atom is -0.390 e. The highest BCUT2D eigenvalue weighted by molar-refractivity contribution is 6.39. The van der Waals surface area contributed by atoms with Crippen molar-refractivity contribution in [1.82, 2.24) is 29.0 Å². The van der Waals surface area contributed by atoms with E-state index in [1.165, 1.54) is 0 Å². The minimum absolute atomic E-state index is 0.216. The van der Waals surface area contributed by atoms with Gasteiger partial charge in [-0.2, -0.15) is 5.10 Å². The van der Waals surface area contributed by atoms with Gasteiger partial charge < -0.3 is 14.2 Å². The first-order chi connectivity index (χ1) is 17.6. The number of aliphatic hydroxyl groups excluding tert-OH is 1. The van der Waals surface area contributed by atoms with Crippen LogP contribution in [-0.2, 0) is 17.9 Å². The Morgan fingerprint density at radius 1 is 1.00 bits per heavy atom. The molecular formula is C26H24Cl2N6O2. The quantitative estimate of drug-likeness (QED) is 0.352. The van der Waals surface area contributed by atoms with Crippen molar-refractivity contribution in [1.29, 1.82) is 0 Å². The van der Waals surface area contributed by atoms with Crippen LogP contribution in [0.15, 0.2) is 55.1 Å². The van der Waals surface area contributed by atoms with Gasteiger partial charge in [-0.1, -0.05) is 29.3 Å². The maximum absolute atomic E-state index is 10.2. The van der Waals surface area contributed by atoms with Crippen LogP contribution >= 0.6 is 23.2 Å². The molecule has 36 heavy (non-hydrogen) atoms. The zero-order chi connectivity index (χ0) is 24.6. The highest BCUT2D eigenvalue weighted by Crippen LogP contribution is 2.37. The van der Waals surface area contributed by atoms with Gasteiger partial charge in [0.1, 0.15) is 5.65 Å². The molecule has 8 nitrogen and oxygen atoms in total. The molecule has 0 amide bonds. The minimum atomic E-state index is -0.216. The average Bonchev–Trinajstić information content (AvgIpc) is 3.52. The van der Waals surface area contributed by atoms with Crippen molar-refractivity contribution in [3.8, 4) is 22.4 Å². The largest absolute Gasteiger partial charge is 0.390 e. The molecule has 4 aromatic heterocycles. The summed E-state index contributed by atoms with van der Waals surface area (Å²) in [6, 6.07) is 9.30. The second-order valence-electron chi connectivity index (χ2n) is 8.77. The second kappa shape index (κ2) is 9.80. The van der Waals surface area contributed by atoms with Gasteiger partial charge in [0.15, 0.2) is 0 Å². The lowest BCUT2D eigenvalue weighted by Gasteiger charge is -2.26. The molecule has 0 aliphatic carbocycles. The van der Waals surface area contributed by atoms with Crippen LogP contribution in [0.4, 0.5) is 0 Å². The first kappa shape index (κ1) is 23.4. The average molecular weight is 523 g/mol. The highest BCUT2D eigenvalue weighted by atomic mass is 35.5. The van der Waals surface area contributed by atoms with Gasteiger partial charge in [0, 0.05) is 60.3 Å². The fourth-order valence-corrected chi connectivity index (χ4v) is 5.26. The molecule has 0 unspecified atom stereocenters. The predicted molar refractivity (Wildman–Crippen MR) is 140 cm³/mol. The third-order valence-electron chi connectivity index (χ3n) is 6.62. The summed E-state index contributed by atoms with van der Waals surface area (Å²) in [4.78, 5) is 12.0. The summed E-state index contributed by atoms with van der Waals surface area (Å²) in [5.74, 6) is 0. The Morgan fingerprint density at radius 3 is 2.58 bits per heavy atom. The third kappa shape index (κ3) is 4.25. The van der Waals surface area contributed by atoms with E-state index < -0.39 is 0 Å². The summed E-state index contributed by atoms with van der Waals surface area (Å²) >= 11 is 13.0. The summed E-state index contributed by atoms with van der Waals surface area (Å²) in [5.41, 5.74) is 5.18. The highest BCUT2D eigenvalue weighted by Gasteiger charge is 2.20. The monoisotopic (exact) mass is 522 g/mol. The van der Waals surface area contributed by atoms with E-state index in [1.807, 2.05) is 39.9 Å². The maximum Gasteiger partial charge on any atom is 0.147 e. The predicted octanol–water partition coefficient (Wildman–Crippen LogP) is 4.54. The number of ether oxygens (including phenoxy) is 1. The number of pyridine rings is 2. The number of aliphatic hydroxyl groups is 1. The molecule has 1 aliphatic rings. The number of fused-ring (bicyclic) bond motifs is 3. The first-order valence-corrected chi connectivity index (χ1v) is 12.6. The van der Waals surface area contributed by atoms with Crippen LogP contribution in [0.3, 0.4) is 0 Å². The lowest BCUT2D eigenvalue weighted by molar-refractivity contribution is 0.0360. The van der Waals surface area contributed by atoms with Gasteiger partial charge in [-0.3, -0.25) is 14.6 Å². The summed E-state index contributed by atoms with van der Waals surface area (Å²) in [6.45, 7) is 5.03. The molecule has 1 N–H and O–H groups in total. The van der Waals surface area contributed by atoms with Crippen molar-refractivity contribution in [3.05, 3.63) is 70.9 Å². The lowest BCUT2D eigenvalue weighted by atomic mass is 10.1. The first-order valence-electron chi connectivity index (χ1n) is 11.8. The normalized spacial score (nSPS) is 14.8. The maximum atomic E-state index is 10.2. The molecule has 1 saturated heterocycles. The number of morpholine rings is 1. The van der Waals surface area contributed by atoms with Gasteiger partial charge >= 0.3 is 0 Å².